The number of hydrogen-bond donors (Lipinski definition) is 3. The molecule has 0 bridgehead atoms. The van der Waals surface area contributed by atoms with E-state index in [0.717, 1.165) is 25.7 Å². The second-order valence-corrected chi connectivity index (χ2v) is 17.2. The van der Waals surface area contributed by atoms with Gasteiger partial charge in [-0.2, -0.15) is 0 Å². The summed E-state index contributed by atoms with van der Waals surface area (Å²) in [6.45, 7) is 15.9. The molecule has 4 saturated carbocycles. The number of halogens is 1. The SMILES string of the molecule is C=C(C)[C@@H]1CC[C@]2(NCC(=O)O)CC[C@@H]3[C@H](CC[C@H]4[C@@]3(C)CC[C@H]3C(C)(C)C(C5=CC[C@](CF)(C(=O)O)CC5)=CC[C@]43C)[C@@H]12. The van der Waals surface area contributed by atoms with Crippen molar-refractivity contribution >= 4 is 11.9 Å². The molecule has 0 spiro atoms. The van der Waals surface area contributed by atoms with Gasteiger partial charge < -0.3 is 15.5 Å². The zero-order valence-electron chi connectivity index (χ0n) is 27.8. The van der Waals surface area contributed by atoms with Crippen LogP contribution in [0.2, 0.25) is 0 Å². The molecule has 0 saturated heterocycles. The summed E-state index contributed by atoms with van der Waals surface area (Å²) in [4.78, 5) is 23.5. The molecule has 44 heavy (non-hydrogen) atoms. The molecule has 0 radical (unpaired) electrons. The van der Waals surface area contributed by atoms with E-state index in [1.807, 2.05) is 0 Å². The lowest BCUT2D eigenvalue weighted by Gasteiger charge is -2.68. The number of rotatable bonds is 7. The molecular weight excluding hydrogens is 553 g/mol. The molecule has 6 aliphatic carbocycles. The number of alkyl halides is 1. The van der Waals surface area contributed by atoms with Gasteiger partial charge in [0.05, 0.1) is 12.0 Å². The van der Waals surface area contributed by atoms with Crippen molar-refractivity contribution in [2.45, 2.75) is 117 Å². The minimum atomic E-state index is -1.26. The maximum atomic E-state index is 13.9. The maximum Gasteiger partial charge on any atom is 0.317 e. The standard InChI is InChI=1S/C38H56FNO4/c1-23(2)25-11-19-38(40-21-31(41)42)20-13-28-26(32(25)38)7-8-30-35(28,5)16-14-29-34(3,4)27(12-15-36(29,30)6)24-9-17-37(22-39,18-10-24)33(43)44/h9,12,25-26,28-30,32,40H,1,7-8,10-11,13-22H2,2-6H3,(H,41,42)(H,43,44)/t25-,26-,28+,29-,30-,32+,35-,36-,37-,38-/m0/s1. The van der Waals surface area contributed by atoms with Gasteiger partial charge in [0.1, 0.15) is 6.67 Å². The Morgan fingerprint density at radius 2 is 1.66 bits per heavy atom. The van der Waals surface area contributed by atoms with Gasteiger partial charge >= 0.3 is 11.9 Å². The smallest absolute Gasteiger partial charge is 0.317 e. The van der Waals surface area contributed by atoms with Crippen LogP contribution in [0.5, 0.6) is 0 Å². The van der Waals surface area contributed by atoms with Gasteiger partial charge in [0, 0.05) is 5.54 Å². The van der Waals surface area contributed by atoms with Crippen molar-refractivity contribution in [3.63, 3.8) is 0 Å². The first-order valence-corrected chi connectivity index (χ1v) is 17.5. The highest BCUT2D eigenvalue weighted by molar-refractivity contribution is 5.75. The fourth-order valence-electron chi connectivity index (χ4n) is 13.0. The molecular formula is C38H56FNO4. The molecule has 0 aliphatic heterocycles. The van der Waals surface area contributed by atoms with Crippen LogP contribution in [0.3, 0.4) is 0 Å². The van der Waals surface area contributed by atoms with Gasteiger partial charge in [0.2, 0.25) is 0 Å². The normalized spacial score (nSPS) is 46.0. The molecule has 5 nitrogen and oxygen atoms in total. The van der Waals surface area contributed by atoms with Crippen molar-refractivity contribution in [1.82, 2.24) is 5.32 Å². The van der Waals surface area contributed by atoms with Crippen molar-refractivity contribution in [2.75, 3.05) is 13.2 Å². The Bertz CT molecular complexity index is 1290. The summed E-state index contributed by atoms with van der Waals surface area (Å²) in [5, 5.41) is 22.9. The number of carboxylic acids is 2. The topological polar surface area (TPSA) is 86.6 Å². The quantitative estimate of drug-likeness (QED) is 0.253. The van der Waals surface area contributed by atoms with Gasteiger partial charge in [-0.05, 0) is 147 Å². The fourth-order valence-corrected chi connectivity index (χ4v) is 13.0. The molecule has 244 valence electrons. The molecule has 0 aromatic carbocycles. The number of carboxylic acid groups (broad SMARTS) is 2. The van der Waals surface area contributed by atoms with Crippen molar-refractivity contribution < 1.29 is 24.2 Å². The van der Waals surface area contributed by atoms with E-state index in [2.05, 4.69) is 58.7 Å². The predicted octanol–water partition coefficient (Wildman–Crippen LogP) is 8.37. The number of hydrogen-bond acceptors (Lipinski definition) is 3. The Morgan fingerprint density at radius 1 is 0.932 bits per heavy atom. The first kappa shape index (κ1) is 32.0. The number of nitrogens with one attached hydrogen (secondary N) is 1. The number of fused-ring (bicyclic) bond motifs is 7. The Hall–Kier alpha value is -1.95. The van der Waals surface area contributed by atoms with Crippen molar-refractivity contribution in [3.05, 3.63) is 35.5 Å². The molecule has 10 atom stereocenters. The van der Waals surface area contributed by atoms with E-state index in [1.165, 1.54) is 48.8 Å². The molecule has 6 heteroatoms. The highest BCUT2D eigenvalue weighted by Crippen LogP contribution is 2.73. The van der Waals surface area contributed by atoms with E-state index in [1.54, 1.807) is 0 Å². The minimum absolute atomic E-state index is 0.0189. The monoisotopic (exact) mass is 609 g/mol. The Kier molecular flexibility index (Phi) is 7.86. The van der Waals surface area contributed by atoms with E-state index in [4.69, 9.17) is 0 Å². The van der Waals surface area contributed by atoms with Gasteiger partial charge in [0.15, 0.2) is 0 Å². The van der Waals surface area contributed by atoms with E-state index in [-0.39, 0.29) is 34.7 Å². The van der Waals surface area contributed by atoms with Crippen LogP contribution in [0, 0.1) is 57.2 Å². The second kappa shape index (κ2) is 10.8. The third kappa shape index (κ3) is 4.53. The fraction of sp³-hybridized carbons (Fsp3) is 0.789. The molecule has 0 heterocycles. The number of aliphatic carboxylic acids is 2. The highest BCUT2D eigenvalue weighted by Gasteiger charge is 2.66. The molecule has 0 amide bonds. The lowest BCUT2D eigenvalue weighted by atomic mass is 9.36. The predicted molar refractivity (Wildman–Crippen MR) is 172 cm³/mol. The van der Waals surface area contributed by atoms with E-state index in [9.17, 15) is 24.2 Å². The molecule has 4 fully saturated rings. The second-order valence-electron chi connectivity index (χ2n) is 17.2. The lowest BCUT2D eigenvalue weighted by molar-refractivity contribution is -0.178. The third-order valence-corrected chi connectivity index (χ3v) is 15.1. The number of carbonyl (C=O) groups is 2. The summed E-state index contributed by atoms with van der Waals surface area (Å²) >= 11 is 0. The van der Waals surface area contributed by atoms with Crippen LogP contribution in [-0.4, -0.2) is 40.9 Å². The lowest BCUT2D eigenvalue weighted by Crippen LogP contribution is -2.64. The summed E-state index contributed by atoms with van der Waals surface area (Å²) in [5.74, 6) is 1.62. The van der Waals surface area contributed by atoms with Crippen LogP contribution in [0.15, 0.2) is 35.5 Å². The maximum absolute atomic E-state index is 13.9. The summed E-state index contributed by atoms with van der Waals surface area (Å²) in [6.07, 6.45) is 16.2. The zero-order valence-corrected chi connectivity index (χ0v) is 27.8. The van der Waals surface area contributed by atoms with Crippen molar-refractivity contribution in [2.24, 2.45) is 57.2 Å². The first-order chi connectivity index (χ1) is 20.6. The average molecular weight is 610 g/mol. The van der Waals surface area contributed by atoms with Gasteiger partial charge in [-0.15, -0.1) is 0 Å². The van der Waals surface area contributed by atoms with Gasteiger partial charge in [0.25, 0.3) is 0 Å². The third-order valence-electron chi connectivity index (χ3n) is 15.1. The molecule has 6 aliphatic rings. The first-order valence-electron chi connectivity index (χ1n) is 17.5. The summed E-state index contributed by atoms with van der Waals surface area (Å²) in [5.41, 5.74) is 3.02. The highest BCUT2D eigenvalue weighted by atomic mass is 19.1. The minimum Gasteiger partial charge on any atom is -0.481 e. The zero-order chi connectivity index (χ0) is 31.9. The van der Waals surface area contributed by atoms with Crippen molar-refractivity contribution in [1.29, 1.82) is 0 Å². The molecule has 0 aromatic heterocycles. The Morgan fingerprint density at radius 3 is 2.27 bits per heavy atom. The van der Waals surface area contributed by atoms with Gasteiger partial charge in [-0.1, -0.05) is 52.0 Å². The molecule has 0 aromatic rings. The van der Waals surface area contributed by atoms with Crippen LogP contribution < -0.4 is 5.32 Å². The van der Waals surface area contributed by atoms with Gasteiger partial charge in [-0.25, -0.2) is 4.39 Å². The van der Waals surface area contributed by atoms with Gasteiger partial charge in [-0.3, -0.25) is 9.59 Å². The van der Waals surface area contributed by atoms with E-state index < -0.39 is 24.0 Å². The van der Waals surface area contributed by atoms with E-state index in [0.29, 0.717) is 48.3 Å². The van der Waals surface area contributed by atoms with E-state index >= 15 is 0 Å². The average Bonchev–Trinajstić information content (AvgIpc) is 3.36. The largest absolute Gasteiger partial charge is 0.481 e. The van der Waals surface area contributed by atoms with Crippen molar-refractivity contribution in [3.8, 4) is 0 Å². The van der Waals surface area contributed by atoms with Crippen LogP contribution in [0.4, 0.5) is 4.39 Å². The van der Waals surface area contributed by atoms with Crippen LogP contribution in [0.1, 0.15) is 112 Å². The molecule has 3 N–H and O–H groups in total. The Labute approximate surface area is 264 Å². The Balaban J connectivity index is 1.29. The summed E-state index contributed by atoms with van der Waals surface area (Å²) in [7, 11) is 0. The van der Waals surface area contributed by atoms with Crippen LogP contribution in [-0.2, 0) is 9.59 Å². The summed E-state index contributed by atoms with van der Waals surface area (Å²) in [6, 6.07) is 0. The molecule has 0 unspecified atom stereocenters. The molecule has 6 rings (SSSR count). The van der Waals surface area contributed by atoms with Crippen LogP contribution in [0.25, 0.3) is 0 Å². The summed E-state index contributed by atoms with van der Waals surface area (Å²) < 4.78 is 13.9. The number of allylic oxidation sites excluding steroid dienone is 5. The van der Waals surface area contributed by atoms with Crippen LogP contribution >= 0.6 is 0 Å².